The fourth-order valence-corrected chi connectivity index (χ4v) is 3.37. The number of pyridine rings is 1. The molecule has 0 spiro atoms. The van der Waals surface area contributed by atoms with Crippen molar-refractivity contribution in [3.05, 3.63) is 70.6 Å². The summed E-state index contributed by atoms with van der Waals surface area (Å²) in [5.41, 5.74) is 3.37. The normalized spacial score (nSPS) is 18.2. The summed E-state index contributed by atoms with van der Waals surface area (Å²) in [6, 6.07) is 10.8. The Morgan fingerprint density at radius 1 is 1.10 bits per heavy atom. The van der Waals surface area contributed by atoms with Gasteiger partial charge in [-0.3, -0.25) is 0 Å². The number of halogens is 1. The van der Waals surface area contributed by atoms with Crippen LogP contribution in [0.1, 0.15) is 23.4 Å². The molecule has 0 saturated carbocycles. The van der Waals surface area contributed by atoms with Gasteiger partial charge in [0.25, 0.3) is 0 Å². The number of anilines is 1. The quantitative estimate of drug-likeness (QED) is 0.800. The summed E-state index contributed by atoms with van der Waals surface area (Å²) in [5.74, 6) is 0.713. The lowest BCUT2D eigenvalue weighted by Crippen LogP contribution is -2.21. The van der Waals surface area contributed by atoms with Crippen LogP contribution < -0.4 is 4.90 Å². The topological polar surface area (TPSA) is 16.1 Å². The van der Waals surface area contributed by atoms with Crippen molar-refractivity contribution in [3.63, 3.8) is 0 Å². The van der Waals surface area contributed by atoms with Crippen LogP contribution in [-0.2, 0) is 0 Å². The lowest BCUT2D eigenvalue weighted by Gasteiger charge is -2.27. The third kappa shape index (κ3) is 2.43. The van der Waals surface area contributed by atoms with E-state index < -0.39 is 0 Å². The lowest BCUT2D eigenvalue weighted by atomic mass is 10.2. The van der Waals surface area contributed by atoms with Gasteiger partial charge in [-0.05, 0) is 48.6 Å². The number of benzene rings is 1. The molecule has 0 aliphatic carbocycles. The molecule has 1 aromatic carbocycles. The maximum atomic E-state index is 13.1. The van der Waals surface area contributed by atoms with Crippen LogP contribution in [0, 0.1) is 12.7 Å². The molecule has 1 unspecified atom stereocenters. The van der Waals surface area contributed by atoms with E-state index >= 15 is 0 Å². The van der Waals surface area contributed by atoms with Crippen molar-refractivity contribution in [2.45, 2.75) is 19.2 Å². The Morgan fingerprint density at radius 2 is 1.85 bits per heavy atom. The van der Waals surface area contributed by atoms with Gasteiger partial charge in [-0.15, -0.1) is 11.8 Å². The van der Waals surface area contributed by atoms with Gasteiger partial charge < -0.3 is 4.90 Å². The van der Waals surface area contributed by atoms with Crippen molar-refractivity contribution in [3.8, 4) is 0 Å². The van der Waals surface area contributed by atoms with Crippen LogP contribution in [0.5, 0.6) is 0 Å². The molecule has 20 heavy (non-hydrogen) atoms. The highest BCUT2D eigenvalue weighted by molar-refractivity contribution is 8.02. The Hall–Kier alpha value is -1.81. The van der Waals surface area contributed by atoms with Crippen molar-refractivity contribution >= 4 is 17.6 Å². The van der Waals surface area contributed by atoms with Gasteiger partial charge in [0.05, 0.1) is 0 Å². The number of aryl methyl sites for hydroxylation is 1. The Morgan fingerprint density at radius 3 is 2.50 bits per heavy atom. The first kappa shape index (κ1) is 13.2. The highest BCUT2D eigenvalue weighted by atomic mass is 32.2. The van der Waals surface area contributed by atoms with Crippen LogP contribution in [0.3, 0.4) is 0 Å². The predicted molar refractivity (Wildman–Crippen MR) is 81.9 cm³/mol. The largest absolute Gasteiger partial charge is 0.313 e. The van der Waals surface area contributed by atoms with Crippen molar-refractivity contribution < 1.29 is 4.39 Å². The maximum Gasteiger partial charge on any atom is 0.133 e. The Labute approximate surface area is 122 Å². The van der Waals surface area contributed by atoms with Crippen molar-refractivity contribution in [2.75, 3.05) is 4.90 Å². The second-order valence-corrected chi connectivity index (χ2v) is 5.82. The highest BCUT2D eigenvalue weighted by Gasteiger charge is 2.28. The molecule has 1 aliphatic rings. The molecular formula is C16H15FN2S. The minimum atomic E-state index is -0.207. The number of nitrogens with zero attached hydrogens (tertiary/aromatic N) is 2. The minimum absolute atomic E-state index is 0.116. The van der Waals surface area contributed by atoms with E-state index in [1.54, 1.807) is 11.8 Å². The highest BCUT2D eigenvalue weighted by Crippen LogP contribution is 2.44. The van der Waals surface area contributed by atoms with E-state index in [9.17, 15) is 4.39 Å². The molecule has 1 aliphatic heterocycles. The number of thioether (sulfide) groups is 1. The molecule has 0 radical (unpaired) electrons. The number of hydrogen-bond donors (Lipinski definition) is 0. The second-order valence-electron chi connectivity index (χ2n) is 4.86. The molecule has 2 heterocycles. The van der Waals surface area contributed by atoms with E-state index in [2.05, 4.69) is 28.3 Å². The fraction of sp³-hybridized carbons (Fsp3) is 0.188. The monoisotopic (exact) mass is 286 g/mol. The Balaban J connectivity index is 1.96. The molecule has 2 aromatic rings. The van der Waals surface area contributed by atoms with Crippen LogP contribution in [0.25, 0.3) is 0 Å². The zero-order chi connectivity index (χ0) is 14.1. The van der Waals surface area contributed by atoms with Gasteiger partial charge in [0, 0.05) is 11.9 Å². The molecule has 2 nitrogen and oxygen atoms in total. The number of rotatable bonds is 2. The number of allylic oxidation sites excluding steroid dienone is 1. The number of aromatic nitrogens is 1. The molecule has 1 aromatic heterocycles. The van der Waals surface area contributed by atoms with Crippen LogP contribution >= 0.6 is 11.8 Å². The SMILES string of the molecule is CC1=CSC(c2ccc(F)cc2)N1c1ccc(C)cn1. The summed E-state index contributed by atoms with van der Waals surface area (Å²) in [4.78, 5) is 6.68. The van der Waals surface area contributed by atoms with Crippen LogP contribution in [0.4, 0.5) is 10.2 Å². The predicted octanol–water partition coefficient (Wildman–Crippen LogP) is 4.64. The van der Waals surface area contributed by atoms with Gasteiger partial charge in [0.1, 0.15) is 17.0 Å². The van der Waals surface area contributed by atoms with Gasteiger partial charge in [0.15, 0.2) is 0 Å². The first-order chi connectivity index (χ1) is 9.65. The molecule has 1 atom stereocenters. The minimum Gasteiger partial charge on any atom is -0.313 e. The first-order valence-electron chi connectivity index (χ1n) is 6.45. The molecule has 0 fully saturated rings. The summed E-state index contributed by atoms with van der Waals surface area (Å²) in [7, 11) is 0. The average molecular weight is 286 g/mol. The van der Waals surface area contributed by atoms with Crippen molar-refractivity contribution in [1.29, 1.82) is 0 Å². The molecule has 4 heteroatoms. The number of hydrogen-bond acceptors (Lipinski definition) is 3. The second kappa shape index (κ2) is 5.29. The average Bonchev–Trinajstić information content (AvgIpc) is 2.83. The van der Waals surface area contributed by atoms with E-state index in [-0.39, 0.29) is 11.2 Å². The van der Waals surface area contributed by atoms with Crippen molar-refractivity contribution in [1.82, 2.24) is 4.98 Å². The molecule has 0 amide bonds. The summed E-state index contributed by atoms with van der Waals surface area (Å²) in [6.07, 6.45) is 1.87. The zero-order valence-corrected chi connectivity index (χ0v) is 12.2. The van der Waals surface area contributed by atoms with Gasteiger partial charge in [-0.25, -0.2) is 9.37 Å². The van der Waals surface area contributed by atoms with Gasteiger partial charge >= 0.3 is 0 Å². The summed E-state index contributed by atoms with van der Waals surface area (Å²) in [6.45, 7) is 4.09. The van der Waals surface area contributed by atoms with Crippen molar-refractivity contribution in [2.24, 2.45) is 0 Å². The smallest absolute Gasteiger partial charge is 0.133 e. The Bertz CT molecular complexity index is 635. The Kier molecular flexibility index (Phi) is 3.49. The van der Waals surface area contributed by atoms with E-state index in [0.29, 0.717) is 0 Å². The first-order valence-corrected chi connectivity index (χ1v) is 7.39. The van der Waals surface area contributed by atoms with E-state index in [1.807, 2.05) is 31.3 Å². The standard InChI is InChI=1S/C16H15FN2S/c1-11-3-8-15(18-9-11)19-12(2)10-20-16(19)13-4-6-14(17)7-5-13/h3-10,16H,1-2H3. The molecule has 102 valence electrons. The molecule has 0 saturated heterocycles. The summed E-state index contributed by atoms with van der Waals surface area (Å²) < 4.78 is 13.1. The van der Waals surface area contributed by atoms with E-state index in [1.165, 1.54) is 12.1 Å². The lowest BCUT2D eigenvalue weighted by molar-refractivity contribution is 0.627. The van der Waals surface area contributed by atoms with Crippen LogP contribution in [-0.4, -0.2) is 4.98 Å². The maximum absolute atomic E-state index is 13.1. The van der Waals surface area contributed by atoms with E-state index in [4.69, 9.17) is 0 Å². The van der Waals surface area contributed by atoms with E-state index in [0.717, 1.165) is 22.6 Å². The zero-order valence-electron chi connectivity index (χ0n) is 11.4. The molecule has 0 N–H and O–H groups in total. The van der Waals surface area contributed by atoms with Gasteiger partial charge in [-0.1, -0.05) is 18.2 Å². The third-order valence-electron chi connectivity index (χ3n) is 3.28. The van der Waals surface area contributed by atoms with Crippen LogP contribution in [0.2, 0.25) is 0 Å². The van der Waals surface area contributed by atoms with Gasteiger partial charge in [-0.2, -0.15) is 0 Å². The molecule has 0 bridgehead atoms. The fourth-order valence-electron chi connectivity index (χ4n) is 2.22. The molecular weight excluding hydrogens is 271 g/mol. The summed E-state index contributed by atoms with van der Waals surface area (Å²) in [5, 5.41) is 2.24. The van der Waals surface area contributed by atoms with Gasteiger partial charge in [0.2, 0.25) is 0 Å². The third-order valence-corrected chi connectivity index (χ3v) is 4.50. The summed E-state index contributed by atoms with van der Waals surface area (Å²) >= 11 is 1.72. The van der Waals surface area contributed by atoms with Crippen LogP contribution in [0.15, 0.2) is 53.7 Å². The molecule has 3 rings (SSSR count).